The number of carbonyl (C=O) groups excluding carboxylic acids is 1. The highest BCUT2D eigenvalue weighted by Crippen LogP contribution is 2.31. The maximum atomic E-state index is 11.9. The number of nitrogens with zero attached hydrogens (tertiary/aromatic N) is 1. The number of hydrogen-bond acceptors (Lipinski definition) is 5. The summed E-state index contributed by atoms with van der Waals surface area (Å²) in [5.74, 6) is -0.297. The normalized spacial score (nSPS) is 13.1. The molecular weight excluding hydrogens is 308 g/mol. The van der Waals surface area contributed by atoms with Gasteiger partial charge in [0, 0.05) is 30.8 Å². The Labute approximate surface area is 135 Å². The Morgan fingerprint density at radius 2 is 2.09 bits per heavy atom. The molecular formula is C14H21ClN4O3. The molecule has 0 unspecified atom stereocenters. The molecule has 122 valence electrons. The van der Waals surface area contributed by atoms with Gasteiger partial charge in [0.15, 0.2) is 0 Å². The fraction of sp³-hybridized carbons (Fsp3) is 0.500. The first-order valence-electron chi connectivity index (χ1n) is 7.15. The number of carbonyl (C=O) groups is 1. The SMILES string of the molecule is CCNCCNC(=O)c1ccc(NC2CC2)c([N+](=O)[O-])c1.Cl. The van der Waals surface area contributed by atoms with E-state index < -0.39 is 4.92 Å². The zero-order chi connectivity index (χ0) is 15.2. The molecule has 0 radical (unpaired) electrons. The Kier molecular flexibility index (Phi) is 7.07. The van der Waals surface area contributed by atoms with Crippen LogP contribution in [0.1, 0.15) is 30.1 Å². The van der Waals surface area contributed by atoms with Crippen LogP contribution < -0.4 is 16.0 Å². The third-order valence-corrected chi connectivity index (χ3v) is 3.23. The van der Waals surface area contributed by atoms with Crippen molar-refractivity contribution in [2.24, 2.45) is 0 Å². The zero-order valence-corrected chi connectivity index (χ0v) is 13.2. The summed E-state index contributed by atoms with van der Waals surface area (Å²) in [5.41, 5.74) is 0.729. The third-order valence-electron chi connectivity index (χ3n) is 3.23. The quantitative estimate of drug-likeness (QED) is 0.385. The summed E-state index contributed by atoms with van der Waals surface area (Å²) in [6.07, 6.45) is 2.06. The molecule has 0 aliphatic heterocycles. The highest BCUT2D eigenvalue weighted by molar-refractivity contribution is 5.95. The van der Waals surface area contributed by atoms with Crippen molar-refractivity contribution in [1.82, 2.24) is 10.6 Å². The second kappa shape index (κ2) is 8.55. The molecule has 1 aliphatic carbocycles. The third kappa shape index (κ3) is 5.16. The molecule has 0 aromatic heterocycles. The van der Waals surface area contributed by atoms with Gasteiger partial charge in [-0.15, -0.1) is 12.4 Å². The number of rotatable bonds is 8. The number of nitro groups is 1. The summed E-state index contributed by atoms with van der Waals surface area (Å²) in [4.78, 5) is 22.6. The summed E-state index contributed by atoms with van der Waals surface area (Å²) >= 11 is 0. The van der Waals surface area contributed by atoms with Crippen LogP contribution in [0.4, 0.5) is 11.4 Å². The van der Waals surface area contributed by atoms with Crippen molar-refractivity contribution < 1.29 is 9.72 Å². The Bertz CT molecular complexity index is 535. The molecule has 0 atom stereocenters. The molecule has 1 saturated carbocycles. The largest absolute Gasteiger partial charge is 0.377 e. The molecule has 2 rings (SSSR count). The van der Waals surface area contributed by atoms with Gasteiger partial charge in [-0.2, -0.15) is 0 Å². The predicted molar refractivity (Wildman–Crippen MR) is 87.9 cm³/mol. The highest BCUT2D eigenvalue weighted by atomic mass is 35.5. The number of hydrogen-bond donors (Lipinski definition) is 3. The molecule has 8 heteroatoms. The van der Waals surface area contributed by atoms with E-state index >= 15 is 0 Å². The maximum absolute atomic E-state index is 11.9. The Balaban J connectivity index is 0.00000242. The van der Waals surface area contributed by atoms with E-state index in [1.807, 2.05) is 6.92 Å². The lowest BCUT2D eigenvalue weighted by molar-refractivity contribution is -0.384. The second-order valence-electron chi connectivity index (χ2n) is 5.02. The van der Waals surface area contributed by atoms with Crippen LogP contribution >= 0.6 is 12.4 Å². The molecule has 1 aromatic rings. The van der Waals surface area contributed by atoms with Crippen LogP contribution in [-0.4, -0.2) is 36.5 Å². The van der Waals surface area contributed by atoms with Gasteiger partial charge in [0.2, 0.25) is 0 Å². The lowest BCUT2D eigenvalue weighted by Gasteiger charge is -2.08. The van der Waals surface area contributed by atoms with Crippen LogP contribution in [0.25, 0.3) is 0 Å². The number of nitro benzene ring substituents is 1. The number of likely N-dealkylation sites (N-methyl/N-ethyl adjacent to an activating group) is 1. The molecule has 7 nitrogen and oxygen atoms in total. The van der Waals surface area contributed by atoms with Crippen LogP contribution in [-0.2, 0) is 0 Å². The zero-order valence-electron chi connectivity index (χ0n) is 12.4. The van der Waals surface area contributed by atoms with E-state index in [1.54, 1.807) is 12.1 Å². The second-order valence-corrected chi connectivity index (χ2v) is 5.02. The van der Waals surface area contributed by atoms with Crippen molar-refractivity contribution in [2.75, 3.05) is 25.0 Å². The Hall–Kier alpha value is -1.86. The molecule has 1 aliphatic rings. The average Bonchev–Trinajstić information content (AvgIpc) is 3.27. The topological polar surface area (TPSA) is 96.3 Å². The molecule has 0 spiro atoms. The van der Waals surface area contributed by atoms with Crippen molar-refractivity contribution in [1.29, 1.82) is 0 Å². The molecule has 1 fully saturated rings. The monoisotopic (exact) mass is 328 g/mol. The molecule has 3 N–H and O–H groups in total. The van der Waals surface area contributed by atoms with E-state index in [0.29, 0.717) is 30.4 Å². The highest BCUT2D eigenvalue weighted by Gasteiger charge is 2.25. The predicted octanol–water partition coefficient (Wildman–Crippen LogP) is 1.93. The number of amides is 1. The fourth-order valence-electron chi connectivity index (χ4n) is 1.94. The molecule has 22 heavy (non-hydrogen) atoms. The van der Waals surface area contributed by atoms with Gasteiger partial charge in [0.05, 0.1) is 4.92 Å². The van der Waals surface area contributed by atoms with E-state index in [1.165, 1.54) is 6.07 Å². The fourth-order valence-corrected chi connectivity index (χ4v) is 1.94. The smallest absolute Gasteiger partial charge is 0.293 e. The van der Waals surface area contributed by atoms with Crippen LogP contribution in [0.5, 0.6) is 0 Å². The molecule has 0 saturated heterocycles. The number of nitrogens with one attached hydrogen (secondary N) is 3. The van der Waals surface area contributed by atoms with Gasteiger partial charge in [-0.3, -0.25) is 14.9 Å². The van der Waals surface area contributed by atoms with Gasteiger partial charge in [0.25, 0.3) is 11.6 Å². The first kappa shape index (κ1) is 18.2. The van der Waals surface area contributed by atoms with E-state index in [-0.39, 0.29) is 24.0 Å². The van der Waals surface area contributed by atoms with Gasteiger partial charge < -0.3 is 16.0 Å². The van der Waals surface area contributed by atoms with Crippen molar-refractivity contribution in [3.8, 4) is 0 Å². The number of halogens is 1. The first-order chi connectivity index (χ1) is 10.1. The van der Waals surface area contributed by atoms with E-state index in [0.717, 1.165) is 19.4 Å². The summed E-state index contributed by atoms with van der Waals surface area (Å²) in [6.45, 7) is 3.98. The van der Waals surface area contributed by atoms with Crippen molar-refractivity contribution in [3.05, 3.63) is 33.9 Å². The lowest BCUT2D eigenvalue weighted by atomic mass is 10.1. The molecule has 1 aromatic carbocycles. The van der Waals surface area contributed by atoms with E-state index in [9.17, 15) is 14.9 Å². The van der Waals surface area contributed by atoms with Gasteiger partial charge >= 0.3 is 0 Å². The maximum Gasteiger partial charge on any atom is 0.293 e. The Morgan fingerprint density at radius 1 is 1.36 bits per heavy atom. The van der Waals surface area contributed by atoms with E-state index in [2.05, 4.69) is 16.0 Å². The summed E-state index contributed by atoms with van der Waals surface area (Å²) < 4.78 is 0. The van der Waals surface area contributed by atoms with Crippen LogP contribution in [0.2, 0.25) is 0 Å². The summed E-state index contributed by atoms with van der Waals surface area (Å²) in [7, 11) is 0. The summed E-state index contributed by atoms with van der Waals surface area (Å²) in [6, 6.07) is 4.87. The first-order valence-corrected chi connectivity index (χ1v) is 7.15. The number of anilines is 1. The molecule has 0 bridgehead atoms. The summed E-state index contributed by atoms with van der Waals surface area (Å²) in [5, 5.41) is 20.0. The van der Waals surface area contributed by atoms with Gasteiger partial charge in [-0.05, 0) is 31.5 Å². The minimum atomic E-state index is -0.458. The molecule has 1 amide bonds. The van der Waals surface area contributed by atoms with Crippen LogP contribution in [0, 0.1) is 10.1 Å². The van der Waals surface area contributed by atoms with Gasteiger partial charge in [-0.25, -0.2) is 0 Å². The van der Waals surface area contributed by atoms with E-state index in [4.69, 9.17) is 0 Å². The number of benzene rings is 1. The van der Waals surface area contributed by atoms with Gasteiger partial charge in [-0.1, -0.05) is 6.92 Å². The Morgan fingerprint density at radius 3 is 2.68 bits per heavy atom. The van der Waals surface area contributed by atoms with Crippen molar-refractivity contribution in [2.45, 2.75) is 25.8 Å². The van der Waals surface area contributed by atoms with Crippen LogP contribution in [0.3, 0.4) is 0 Å². The minimum Gasteiger partial charge on any atom is -0.377 e. The molecule has 0 heterocycles. The minimum absolute atomic E-state index is 0. The average molecular weight is 329 g/mol. The van der Waals surface area contributed by atoms with Crippen LogP contribution in [0.15, 0.2) is 18.2 Å². The van der Waals surface area contributed by atoms with Crippen molar-refractivity contribution >= 4 is 29.7 Å². The van der Waals surface area contributed by atoms with Gasteiger partial charge in [0.1, 0.15) is 5.69 Å². The van der Waals surface area contributed by atoms with Crippen molar-refractivity contribution in [3.63, 3.8) is 0 Å². The lowest BCUT2D eigenvalue weighted by Crippen LogP contribution is -2.31. The standard InChI is InChI=1S/C14H20N4O3.ClH/c1-2-15-7-8-16-14(19)10-3-6-12(17-11-4-5-11)13(9-10)18(20)21;/h3,6,9,11,15,17H,2,4-5,7-8H2,1H3,(H,16,19);1H.